The van der Waals surface area contributed by atoms with Gasteiger partial charge in [0.25, 0.3) is 0 Å². The Hall–Kier alpha value is -2.22. The van der Waals surface area contributed by atoms with Crippen LogP contribution < -0.4 is 4.74 Å². The first-order chi connectivity index (χ1) is 9.86. The molecule has 0 saturated heterocycles. The Morgan fingerprint density at radius 1 is 1.38 bits per heavy atom. The summed E-state index contributed by atoms with van der Waals surface area (Å²) < 4.78 is 28.5. The zero-order valence-corrected chi connectivity index (χ0v) is 11.9. The standard InChI is InChI=1S/C13H16FNO6/c1-8(2)20-4-5-21-12-6-9(13(16)19-3)10(14)7-11(12)15(17)18/h6-8H,4-5H2,1-3H3. The van der Waals surface area contributed by atoms with E-state index in [9.17, 15) is 19.3 Å². The van der Waals surface area contributed by atoms with Crippen LogP contribution in [0.25, 0.3) is 0 Å². The van der Waals surface area contributed by atoms with Gasteiger partial charge in [0.15, 0.2) is 5.75 Å². The Bertz CT molecular complexity index is 532. The van der Waals surface area contributed by atoms with Crippen LogP contribution in [0.2, 0.25) is 0 Å². The fraction of sp³-hybridized carbons (Fsp3) is 0.462. The van der Waals surface area contributed by atoms with E-state index in [1.165, 1.54) is 0 Å². The Kier molecular flexibility index (Phi) is 6.04. The SMILES string of the molecule is COC(=O)c1cc(OCCOC(C)C)c([N+](=O)[O-])cc1F. The van der Waals surface area contributed by atoms with Crippen molar-refractivity contribution in [1.29, 1.82) is 0 Å². The Labute approximate surface area is 120 Å². The van der Waals surface area contributed by atoms with Gasteiger partial charge in [-0.15, -0.1) is 0 Å². The van der Waals surface area contributed by atoms with E-state index in [1.54, 1.807) is 0 Å². The van der Waals surface area contributed by atoms with Gasteiger partial charge in [0.05, 0.1) is 36.4 Å². The van der Waals surface area contributed by atoms with Crippen molar-refractivity contribution in [2.24, 2.45) is 0 Å². The fourth-order valence-electron chi connectivity index (χ4n) is 1.50. The van der Waals surface area contributed by atoms with Gasteiger partial charge in [-0.25, -0.2) is 9.18 Å². The summed E-state index contributed by atoms with van der Waals surface area (Å²) in [7, 11) is 1.08. The van der Waals surface area contributed by atoms with Crippen LogP contribution in [0.4, 0.5) is 10.1 Å². The summed E-state index contributed by atoms with van der Waals surface area (Å²) in [5.41, 5.74) is -0.993. The van der Waals surface area contributed by atoms with Gasteiger partial charge in [0, 0.05) is 6.07 Å². The predicted octanol–water partition coefficient (Wildman–Crippen LogP) is 2.32. The van der Waals surface area contributed by atoms with Crippen LogP contribution in [0.15, 0.2) is 12.1 Å². The molecular weight excluding hydrogens is 285 g/mol. The first kappa shape index (κ1) is 16.8. The molecule has 0 N–H and O–H groups in total. The molecule has 0 aromatic heterocycles. The zero-order chi connectivity index (χ0) is 16.0. The van der Waals surface area contributed by atoms with Crippen molar-refractivity contribution >= 4 is 11.7 Å². The highest BCUT2D eigenvalue weighted by molar-refractivity contribution is 5.90. The lowest BCUT2D eigenvalue weighted by molar-refractivity contribution is -0.386. The number of nitro groups is 1. The minimum Gasteiger partial charge on any atom is -0.484 e. The highest BCUT2D eigenvalue weighted by atomic mass is 19.1. The van der Waals surface area contributed by atoms with Gasteiger partial charge in [-0.3, -0.25) is 10.1 Å². The van der Waals surface area contributed by atoms with E-state index in [0.29, 0.717) is 6.07 Å². The first-order valence-corrected chi connectivity index (χ1v) is 6.17. The number of rotatable bonds is 7. The topological polar surface area (TPSA) is 87.9 Å². The molecule has 0 amide bonds. The Morgan fingerprint density at radius 2 is 2.05 bits per heavy atom. The van der Waals surface area contributed by atoms with Crippen molar-refractivity contribution in [2.75, 3.05) is 20.3 Å². The lowest BCUT2D eigenvalue weighted by Crippen LogP contribution is -2.13. The van der Waals surface area contributed by atoms with Crippen LogP contribution in [0, 0.1) is 15.9 Å². The predicted molar refractivity (Wildman–Crippen MR) is 71.0 cm³/mol. The van der Waals surface area contributed by atoms with E-state index < -0.39 is 28.0 Å². The molecule has 8 heteroatoms. The summed E-state index contributed by atoms with van der Waals surface area (Å²) >= 11 is 0. The molecule has 0 bridgehead atoms. The van der Waals surface area contributed by atoms with Crippen LogP contribution in [0.5, 0.6) is 5.75 Å². The highest BCUT2D eigenvalue weighted by Gasteiger charge is 2.23. The summed E-state index contributed by atoms with van der Waals surface area (Å²) in [6.07, 6.45) is -0.0116. The van der Waals surface area contributed by atoms with Gasteiger partial charge in [0.2, 0.25) is 0 Å². The number of methoxy groups -OCH3 is 1. The van der Waals surface area contributed by atoms with Gasteiger partial charge >= 0.3 is 11.7 Å². The lowest BCUT2D eigenvalue weighted by Gasteiger charge is -2.10. The van der Waals surface area contributed by atoms with Crippen molar-refractivity contribution in [3.05, 3.63) is 33.6 Å². The van der Waals surface area contributed by atoms with Gasteiger partial charge in [-0.1, -0.05) is 0 Å². The minimum atomic E-state index is -1.04. The molecule has 0 aliphatic rings. The smallest absolute Gasteiger partial charge is 0.340 e. The summed E-state index contributed by atoms with van der Waals surface area (Å²) in [6, 6.07) is 1.58. The van der Waals surface area contributed by atoms with E-state index in [4.69, 9.17) is 9.47 Å². The summed E-state index contributed by atoms with van der Waals surface area (Å²) in [4.78, 5) is 21.5. The average molecular weight is 301 g/mol. The molecule has 7 nitrogen and oxygen atoms in total. The second-order valence-electron chi connectivity index (χ2n) is 4.32. The number of nitrogens with zero attached hydrogens (tertiary/aromatic N) is 1. The normalized spacial score (nSPS) is 10.5. The van der Waals surface area contributed by atoms with Crippen LogP contribution in [-0.2, 0) is 9.47 Å². The third kappa shape index (κ3) is 4.67. The van der Waals surface area contributed by atoms with Crippen molar-refractivity contribution in [1.82, 2.24) is 0 Å². The van der Waals surface area contributed by atoms with E-state index in [2.05, 4.69) is 4.74 Å². The Balaban J connectivity index is 2.97. The number of halogens is 1. The molecular formula is C13H16FNO6. The molecule has 0 unspecified atom stereocenters. The van der Waals surface area contributed by atoms with Crippen LogP contribution in [-0.4, -0.2) is 37.3 Å². The second kappa shape index (κ2) is 7.53. The number of hydrogen-bond donors (Lipinski definition) is 0. The van der Waals surface area contributed by atoms with E-state index in [-0.39, 0.29) is 25.1 Å². The molecule has 21 heavy (non-hydrogen) atoms. The monoisotopic (exact) mass is 301 g/mol. The number of benzene rings is 1. The Morgan fingerprint density at radius 3 is 2.57 bits per heavy atom. The molecule has 116 valence electrons. The summed E-state index contributed by atoms with van der Waals surface area (Å²) in [5, 5.41) is 10.9. The largest absolute Gasteiger partial charge is 0.484 e. The fourth-order valence-corrected chi connectivity index (χ4v) is 1.50. The molecule has 0 spiro atoms. The number of carbonyl (C=O) groups excluding carboxylic acids is 1. The molecule has 0 heterocycles. The molecule has 0 fully saturated rings. The van der Waals surface area contributed by atoms with Crippen molar-refractivity contribution in [3.63, 3.8) is 0 Å². The summed E-state index contributed by atoms with van der Waals surface area (Å²) in [5.74, 6) is -2.20. The summed E-state index contributed by atoms with van der Waals surface area (Å²) in [6.45, 7) is 3.90. The van der Waals surface area contributed by atoms with Gasteiger partial charge in [0.1, 0.15) is 12.4 Å². The van der Waals surface area contributed by atoms with E-state index >= 15 is 0 Å². The molecule has 0 aliphatic carbocycles. The zero-order valence-electron chi connectivity index (χ0n) is 11.9. The molecule has 0 saturated carbocycles. The number of nitro benzene ring substituents is 1. The third-order valence-electron chi connectivity index (χ3n) is 2.44. The molecule has 1 aromatic carbocycles. The van der Waals surface area contributed by atoms with Gasteiger partial charge < -0.3 is 14.2 Å². The minimum absolute atomic E-state index is 0.0116. The van der Waals surface area contributed by atoms with E-state index in [0.717, 1.165) is 13.2 Å². The number of hydrogen-bond acceptors (Lipinski definition) is 6. The van der Waals surface area contributed by atoms with Crippen molar-refractivity contribution in [3.8, 4) is 5.75 Å². The van der Waals surface area contributed by atoms with Crippen LogP contribution in [0.1, 0.15) is 24.2 Å². The lowest BCUT2D eigenvalue weighted by atomic mass is 10.1. The first-order valence-electron chi connectivity index (χ1n) is 6.17. The number of esters is 1. The number of carbonyl (C=O) groups is 1. The van der Waals surface area contributed by atoms with Crippen molar-refractivity contribution in [2.45, 2.75) is 20.0 Å². The van der Waals surface area contributed by atoms with E-state index in [1.807, 2.05) is 13.8 Å². The molecule has 1 rings (SSSR count). The van der Waals surface area contributed by atoms with Gasteiger partial charge in [-0.05, 0) is 13.8 Å². The molecule has 0 aliphatic heterocycles. The third-order valence-corrected chi connectivity index (χ3v) is 2.44. The quantitative estimate of drug-likeness (QED) is 0.332. The van der Waals surface area contributed by atoms with Crippen LogP contribution >= 0.6 is 0 Å². The molecule has 0 atom stereocenters. The van der Waals surface area contributed by atoms with Crippen LogP contribution in [0.3, 0.4) is 0 Å². The average Bonchev–Trinajstić information content (AvgIpc) is 2.43. The maximum atomic E-state index is 13.6. The van der Waals surface area contributed by atoms with Crippen molar-refractivity contribution < 1.29 is 28.3 Å². The van der Waals surface area contributed by atoms with Gasteiger partial charge in [-0.2, -0.15) is 0 Å². The molecule has 1 aromatic rings. The number of ether oxygens (including phenoxy) is 3. The highest BCUT2D eigenvalue weighted by Crippen LogP contribution is 2.30. The second-order valence-corrected chi connectivity index (χ2v) is 4.32. The maximum Gasteiger partial charge on any atom is 0.340 e. The maximum absolute atomic E-state index is 13.6. The molecule has 0 radical (unpaired) electrons.